The maximum Gasteiger partial charge on any atom is 0.124 e. The van der Waals surface area contributed by atoms with Crippen LogP contribution in [0.2, 0.25) is 0 Å². The van der Waals surface area contributed by atoms with Gasteiger partial charge in [-0.25, -0.2) is 0 Å². The smallest absolute Gasteiger partial charge is 0.124 e. The van der Waals surface area contributed by atoms with Crippen LogP contribution >= 0.6 is 0 Å². The summed E-state index contributed by atoms with van der Waals surface area (Å²) in [5.41, 5.74) is 13.7. The fourth-order valence-electron chi connectivity index (χ4n) is 7.22. The molecule has 8 rings (SSSR count). The molecule has 0 heterocycles. The molecule has 0 amide bonds. The highest BCUT2D eigenvalue weighted by Crippen LogP contribution is 2.56. The number of aromatic hydroxyl groups is 2. The van der Waals surface area contributed by atoms with Gasteiger partial charge in [0.25, 0.3) is 0 Å². The van der Waals surface area contributed by atoms with Crippen molar-refractivity contribution in [3.05, 3.63) is 131 Å². The van der Waals surface area contributed by atoms with Crippen LogP contribution in [-0.2, 0) is 25.7 Å². The van der Waals surface area contributed by atoms with Gasteiger partial charge in [0, 0.05) is 11.1 Å². The van der Waals surface area contributed by atoms with Crippen LogP contribution in [0.15, 0.2) is 109 Å². The molecule has 2 N–H and O–H groups in total. The summed E-state index contributed by atoms with van der Waals surface area (Å²) in [7, 11) is 0. The van der Waals surface area contributed by atoms with E-state index < -0.39 is 0 Å². The van der Waals surface area contributed by atoms with Crippen LogP contribution in [-0.4, -0.2) is 10.2 Å². The Balaban J connectivity index is 1.58. The van der Waals surface area contributed by atoms with Crippen molar-refractivity contribution in [2.24, 2.45) is 0 Å². The molecule has 0 unspecified atom stereocenters. The molecule has 2 aliphatic carbocycles. The number of rotatable bonds is 2. The number of phenolic OH excluding ortho intramolecular Hbond substituents is 2. The van der Waals surface area contributed by atoms with E-state index in [0.29, 0.717) is 11.5 Å². The second-order valence-corrected chi connectivity index (χ2v) is 11.0. The zero-order valence-corrected chi connectivity index (χ0v) is 22.1. The van der Waals surface area contributed by atoms with Crippen molar-refractivity contribution in [3.63, 3.8) is 0 Å². The molecule has 0 radical (unpaired) electrons. The Labute approximate surface area is 233 Å². The van der Waals surface area contributed by atoms with E-state index in [1.54, 1.807) is 0 Å². The Hall–Kier alpha value is -4.82. The summed E-state index contributed by atoms with van der Waals surface area (Å²) in [4.78, 5) is 0. The molecule has 2 heteroatoms. The summed E-state index contributed by atoms with van der Waals surface area (Å²) in [6.07, 6.45) is 3.71. The second-order valence-electron chi connectivity index (χ2n) is 11.0. The lowest BCUT2D eigenvalue weighted by Crippen LogP contribution is -2.14. The molecule has 0 fully saturated rings. The first-order chi connectivity index (χ1) is 19.7. The van der Waals surface area contributed by atoms with Gasteiger partial charge in [-0.1, -0.05) is 97.1 Å². The normalized spacial score (nSPS) is 13.3. The van der Waals surface area contributed by atoms with Gasteiger partial charge in [0.15, 0.2) is 0 Å². The van der Waals surface area contributed by atoms with Crippen molar-refractivity contribution in [2.45, 2.75) is 25.7 Å². The van der Waals surface area contributed by atoms with Crippen molar-refractivity contribution in [3.8, 4) is 56.0 Å². The predicted octanol–water partition coefficient (Wildman–Crippen LogP) is 9.12. The van der Waals surface area contributed by atoms with E-state index in [1.807, 2.05) is 48.5 Å². The molecule has 192 valence electrons. The second kappa shape index (κ2) is 8.86. The van der Waals surface area contributed by atoms with Gasteiger partial charge in [0.1, 0.15) is 11.5 Å². The molecule has 2 nitrogen and oxygen atoms in total. The molecular formula is C38H28O2. The minimum Gasteiger partial charge on any atom is -0.507 e. The molecule has 0 aromatic heterocycles. The molecule has 40 heavy (non-hydrogen) atoms. The molecule has 0 saturated heterocycles. The van der Waals surface area contributed by atoms with Crippen LogP contribution in [0.3, 0.4) is 0 Å². The van der Waals surface area contributed by atoms with Gasteiger partial charge >= 0.3 is 0 Å². The molecule has 0 saturated carbocycles. The van der Waals surface area contributed by atoms with Gasteiger partial charge in [-0.15, -0.1) is 0 Å². The minimum atomic E-state index is 0.301. The standard InChI is InChI=1S/C38H28O2/c39-31-21-17-25-15-19-29-27-13-7-8-14-28(27)30-20-16-26-18-22-32(40)34(24-11-5-2-6-12-24)36(26)38(30)37(29)35(25)33(31)23-9-3-1-4-10-23/h1-14,17-18,21-22,39-40H,15-16,19-20H2. The number of phenols is 2. The molecule has 2 aliphatic rings. The van der Waals surface area contributed by atoms with Gasteiger partial charge in [-0.05, 0) is 104 Å². The summed E-state index contributed by atoms with van der Waals surface area (Å²) in [6, 6.07) is 37.3. The van der Waals surface area contributed by atoms with E-state index in [0.717, 1.165) is 59.1 Å². The fourth-order valence-corrected chi connectivity index (χ4v) is 7.22. The van der Waals surface area contributed by atoms with Gasteiger partial charge in [0.05, 0.1) is 0 Å². The first kappa shape index (κ1) is 23.1. The highest BCUT2D eigenvalue weighted by atomic mass is 16.3. The number of aryl methyl sites for hydroxylation is 4. The lowest BCUT2D eigenvalue weighted by molar-refractivity contribution is 0.476. The fraction of sp³-hybridized carbons (Fsp3) is 0.105. The van der Waals surface area contributed by atoms with Crippen molar-refractivity contribution in [1.29, 1.82) is 0 Å². The van der Waals surface area contributed by atoms with Crippen molar-refractivity contribution < 1.29 is 10.2 Å². The van der Waals surface area contributed by atoms with Gasteiger partial charge in [-0.2, -0.15) is 0 Å². The molecule has 6 aromatic carbocycles. The molecule has 0 aliphatic heterocycles. The van der Waals surface area contributed by atoms with Crippen molar-refractivity contribution in [1.82, 2.24) is 0 Å². The average Bonchev–Trinajstić information content (AvgIpc) is 3.01. The third-order valence-corrected chi connectivity index (χ3v) is 8.88. The third-order valence-electron chi connectivity index (χ3n) is 8.88. The average molecular weight is 517 g/mol. The van der Waals surface area contributed by atoms with Crippen LogP contribution in [0.1, 0.15) is 22.3 Å². The highest BCUT2D eigenvalue weighted by molar-refractivity contribution is 6.10. The first-order valence-electron chi connectivity index (χ1n) is 14.1. The van der Waals surface area contributed by atoms with E-state index in [1.165, 1.54) is 44.2 Å². The van der Waals surface area contributed by atoms with Crippen LogP contribution < -0.4 is 0 Å². The maximum atomic E-state index is 11.4. The zero-order chi connectivity index (χ0) is 26.8. The van der Waals surface area contributed by atoms with Gasteiger partial charge in [-0.3, -0.25) is 0 Å². The van der Waals surface area contributed by atoms with E-state index in [4.69, 9.17) is 0 Å². The largest absolute Gasteiger partial charge is 0.507 e. The highest BCUT2D eigenvalue weighted by Gasteiger charge is 2.33. The van der Waals surface area contributed by atoms with Crippen LogP contribution in [0.5, 0.6) is 11.5 Å². The number of fused-ring (bicyclic) bond motifs is 10. The Bertz CT molecular complexity index is 1810. The predicted molar refractivity (Wildman–Crippen MR) is 164 cm³/mol. The van der Waals surface area contributed by atoms with E-state index in [2.05, 4.69) is 60.7 Å². The Kier molecular flexibility index (Phi) is 5.12. The van der Waals surface area contributed by atoms with E-state index in [9.17, 15) is 10.2 Å². The van der Waals surface area contributed by atoms with Crippen LogP contribution in [0.25, 0.3) is 55.3 Å². The lowest BCUT2D eigenvalue weighted by atomic mass is 9.70. The molecule has 0 bridgehead atoms. The summed E-state index contributed by atoms with van der Waals surface area (Å²) in [5.74, 6) is 0.602. The van der Waals surface area contributed by atoms with E-state index >= 15 is 0 Å². The molecule has 6 aromatic rings. The Morgan fingerprint density at radius 2 is 0.750 bits per heavy atom. The minimum absolute atomic E-state index is 0.301. The summed E-state index contributed by atoms with van der Waals surface area (Å²) < 4.78 is 0. The Morgan fingerprint density at radius 3 is 1.18 bits per heavy atom. The summed E-state index contributed by atoms with van der Waals surface area (Å²) in [6.45, 7) is 0. The summed E-state index contributed by atoms with van der Waals surface area (Å²) in [5, 5.41) is 25.4. The number of hydrogen-bond acceptors (Lipinski definition) is 2. The van der Waals surface area contributed by atoms with Gasteiger partial charge in [0.2, 0.25) is 0 Å². The lowest BCUT2D eigenvalue weighted by Gasteiger charge is -2.33. The maximum absolute atomic E-state index is 11.4. The monoisotopic (exact) mass is 516 g/mol. The number of benzene rings is 6. The third kappa shape index (κ3) is 3.29. The van der Waals surface area contributed by atoms with Crippen molar-refractivity contribution >= 4 is 10.8 Å². The van der Waals surface area contributed by atoms with Crippen molar-refractivity contribution in [2.75, 3.05) is 0 Å². The zero-order valence-electron chi connectivity index (χ0n) is 22.1. The molecular weight excluding hydrogens is 488 g/mol. The number of hydrogen-bond donors (Lipinski definition) is 2. The van der Waals surface area contributed by atoms with Crippen LogP contribution in [0.4, 0.5) is 0 Å². The molecule has 0 atom stereocenters. The van der Waals surface area contributed by atoms with Crippen LogP contribution in [0, 0.1) is 0 Å². The van der Waals surface area contributed by atoms with E-state index in [-0.39, 0.29) is 0 Å². The quantitative estimate of drug-likeness (QED) is 0.241. The SMILES string of the molecule is Oc1ccc2c(c1-c1ccccc1)-c1c3c(c4ccccc4c1CC2)CCc1ccc(O)c(-c2ccccc2)c1-3. The van der Waals surface area contributed by atoms with Gasteiger partial charge < -0.3 is 10.2 Å². The first-order valence-corrected chi connectivity index (χ1v) is 14.1. The topological polar surface area (TPSA) is 40.5 Å². The Morgan fingerprint density at radius 1 is 0.350 bits per heavy atom. The summed E-state index contributed by atoms with van der Waals surface area (Å²) >= 11 is 0. The molecule has 0 spiro atoms.